The molecule has 4 rings (SSSR count). The second-order valence-corrected chi connectivity index (χ2v) is 7.98. The number of aromatic carboxylic acids is 1. The van der Waals surface area contributed by atoms with Crippen LogP contribution in [0.5, 0.6) is 5.75 Å². The van der Waals surface area contributed by atoms with Gasteiger partial charge in [-0.05, 0) is 34.4 Å². The normalized spacial score (nSPS) is 14.0. The number of amides is 1. The number of methoxy groups -OCH3 is 1. The number of aliphatic hydroxyl groups excluding tert-OH is 2. The van der Waals surface area contributed by atoms with E-state index >= 15 is 0 Å². The summed E-state index contributed by atoms with van der Waals surface area (Å²) in [5, 5.41) is 32.4. The van der Waals surface area contributed by atoms with Crippen LogP contribution in [0, 0.1) is 0 Å². The second kappa shape index (κ2) is 9.94. The quantitative estimate of drug-likeness (QED) is 0.404. The van der Waals surface area contributed by atoms with Crippen molar-refractivity contribution in [1.82, 2.24) is 5.32 Å². The summed E-state index contributed by atoms with van der Waals surface area (Å²) < 4.78 is 10.6. The van der Waals surface area contributed by atoms with Gasteiger partial charge in [0.1, 0.15) is 24.6 Å². The number of hydrogen-bond acceptors (Lipinski definition) is 6. The van der Waals surface area contributed by atoms with Crippen molar-refractivity contribution < 1.29 is 34.4 Å². The van der Waals surface area contributed by atoms with Gasteiger partial charge in [0.15, 0.2) is 0 Å². The van der Waals surface area contributed by atoms with Gasteiger partial charge in [0.2, 0.25) is 0 Å². The molecular formula is C26H25NO7. The van der Waals surface area contributed by atoms with Crippen LogP contribution in [-0.4, -0.2) is 53.7 Å². The molecule has 1 aliphatic rings. The fourth-order valence-corrected chi connectivity index (χ4v) is 4.24. The SMILES string of the molecule is COc1cc(C(=O)O)ccc1C(O)C(O)CNC(=O)OCC1c2ccccc2-c2ccccc21. The maximum Gasteiger partial charge on any atom is 0.407 e. The summed E-state index contributed by atoms with van der Waals surface area (Å²) in [6.07, 6.45) is -3.50. The smallest absolute Gasteiger partial charge is 0.407 e. The van der Waals surface area contributed by atoms with E-state index in [4.69, 9.17) is 14.6 Å². The Bertz CT molecular complexity index is 1160. The molecule has 3 aromatic rings. The number of fused-ring (bicyclic) bond motifs is 3. The largest absolute Gasteiger partial charge is 0.496 e. The number of benzene rings is 3. The number of ether oxygens (including phenoxy) is 2. The van der Waals surface area contributed by atoms with E-state index in [0.29, 0.717) is 0 Å². The van der Waals surface area contributed by atoms with Gasteiger partial charge in [0, 0.05) is 18.0 Å². The summed E-state index contributed by atoms with van der Waals surface area (Å²) in [5.41, 5.74) is 4.60. The Morgan fingerprint density at radius 3 is 2.18 bits per heavy atom. The van der Waals surface area contributed by atoms with Gasteiger partial charge < -0.3 is 30.1 Å². The summed E-state index contributed by atoms with van der Waals surface area (Å²) in [7, 11) is 1.33. The zero-order valence-corrected chi connectivity index (χ0v) is 18.5. The van der Waals surface area contributed by atoms with E-state index in [-0.39, 0.29) is 35.9 Å². The van der Waals surface area contributed by atoms with E-state index in [0.717, 1.165) is 22.3 Å². The van der Waals surface area contributed by atoms with Crippen LogP contribution in [0.3, 0.4) is 0 Å². The molecule has 0 aromatic heterocycles. The Kier molecular flexibility index (Phi) is 6.81. The molecule has 2 unspecified atom stereocenters. The Morgan fingerprint density at radius 2 is 1.59 bits per heavy atom. The molecule has 0 fully saturated rings. The predicted molar refractivity (Wildman–Crippen MR) is 124 cm³/mol. The van der Waals surface area contributed by atoms with Gasteiger partial charge in [-0.15, -0.1) is 0 Å². The number of carboxylic acids is 1. The van der Waals surface area contributed by atoms with E-state index in [1.165, 1.54) is 25.3 Å². The van der Waals surface area contributed by atoms with E-state index in [1.807, 2.05) is 48.5 Å². The lowest BCUT2D eigenvalue weighted by Crippen LogP contribution is -2.36. The topological polar surface area (TPSA) is 125 Å². The number of carboxylic acid groups (broad SMARTS) is 1. The minimum atomic E-state index is -1.41. The Morgan fingerprint density at radius 1 is 0.971 bits per heavy atom. The fourth-order valence-electron chi connectivity index (χ4n) is 4.24. The molecule has 176 valence electrons. The van der Waals surface area contributed by atoms with Crippen LogP contribution in [0.2, 0.25) is 0 Å². The molecule has 0 spiro atoms. The standard InChI is InChI=1S/C26H25NO7/c1-33-23-12-15(25(30)31)10-11-20(23)24(29)22(28)13-27-26(32)34-14-21-18-8-4-2-6-16(18)17-7-3-5-9-19(17)21/h2-12,21-22,24,28-29H,13-14H2,1H3,(H,27,32)(H,30,31). The van der Waals surface area contributed by atoms with Crippen molar-refractivity contribution in [1.29, 1.82) is 0 Å². The zero-order chi connectivity index (χ0) is 24.2. The molecule has 0 saturated heterocycles. The van der Waals surface area contributed by atoms with Crippen LogP contribution in [0.4, 0.5) is 4.79 Å². The molecule has 8 nitrogen and oxygen atoms in total. The van der Waals surface area contributed by atoms with Crippen LogP contribution in [0.25, 0.3) is 11.1 Å². The van der Waals surface area contributed by atoms with Gasteiger partial charge in [0.05, 0.1) is 12.7 Å². The first-order chi connectivity index (χ1) is 16.4. The van der Waals surface area contributed by atoms with Gasteiger partial charge in [-0.1, -0.05) is 54.6 Å². The predicted octanol–water partition coefficient (Wildman–Crippen LogP) is 3.33. The summed E-state index contributed by atoms with van der Waals surface area (Å²) in [6.45, 7) is -0.148. The molecule has 0 bridgehead atoms. The number of alkyl carbamates (subject to hydrolysis) is 1. The average molecular weight is 463 g/mol. The summed E-state index contributed by atoms with van der Waals surface area (Å²) >= 11 is 0. The van der Waals surface area contributed by atoms with E-state index < -0.39 is 24.3 Å². The molecule has 1 amide bonds. The monoisotopic (exact) mass is 463 g/mol. The lowest BCUT2D eigenvalue weighted by molar-refractivity contribution is 0.0172. The number of rotatable bonds is 8. The maximum atomic E-state index is 12.3. The van der Waals surface area contributed by atoms with Crippen LogP contribution < -0.4 is 10.1 Å². The van der Waals surface area contributed by atoms with Crippen LogP contribution in [0.15, 0.2) is 66.7 Å². The molecule has 3 aromatic carbocycles. The molecule has 0 saturated carbocycles. The third-order valence-electron chi connectivity index (χ3n) is 5.96. The lowest BCUT2D eigenvalue weighted by Gasteiger charge is -2.21. The van der Waals surface area contributed by atoms with Gasteiger partial charge in [-0.25, -0.2) is 9.59 Å². The zero-order valence-electron chi connectivity index (χ0n) is 18.5. The van der Waals surface area contributed by atoms with E-state index in [2.05, 4.69) is 5.32 Å². The number of carbonyl (C=O) groups excluding carboxylic acids is 1. The van der Waals surface area contributed by atoms with Crippen molar-refractivity contribution >= 4 is 12.1 Å². The molecule has 1 aliphatic carbocycles. The molecule has 2 atom stereocenters. The number of nitrogens with one attached hydrogen (secondary N) is 1. The molecule has 0 aliphatic heterocycles. The van der Waals surface area contributed by atoms with Crippen LogP contribution in [-0.2, 0) is 4.74 Å². The third kappa shape index (κ3) is 4.59. The minimum absolute atomic E-state index is 0.0148. The summed E-state index contributed by atoms with van der Waals surface area (Å²) in [5.74, 6) is -1.12. The molecule has 34 heavy (non-hydrogen) atoms. The molecule has 4 N–H and O–H groups in total. The van der Waals surface area contributed by atoms with Crippen LogP contribution >= 0.6 is 0 Å². The third-order valence-corrected chi connectivity index (χ3v) is 5.96. The molecular weight excluding hydrogens is 438 g/mol. The fraction of sp³-hybridized carbons (Fsp3) is 0.231. The van der Waals surface area contributed by atoms with Gasteiger partial charge in [-0.2, -0.15) is 0 Å². The van der Waals surface area contributed by atoms with E-state index in [1.54, 1.807) is 0 Å². The Hall–Kier alpha value is -3.88. The highest BCUT2D eigenvalue weighted by Crippen LogP contribution is 2.44. The maximum absolute atomic E-state index is 12.3. The van der Waals surface area contributed by atoms with Crippen LogP contribution in [0.1, 0.15) is 39.1 Å². The van der Waals surface area contributed by atoms with Gasteiger partial charge in [0.25, 0.3) is 0 Å². The molecule has 8 heteroatoms. The highest BCUT2D eigenvalue weighted by molar-refractivity contribution is 5.88. The lowest BCUT2D eigenvalue weighted by atomic mass is 9.98. The van der Waals surface area contributed by atoms with Crippen molar-refractivity contribution in [2.75, 3.05) is 20.3 Å². The minimum Gasteiger partial charge on any atom is -0.496 e. The summed E-state index contributed by atoms with van der Waals surface area (Å²) in [4.78, 5) is 23.4. The molecule has 0 radical (unpaired) electrons. The van der Waals surface area contributed by atoms with Gasteiger partial charge in [-0.3, -0.25) is 0 Å². The summed E-state index contributed by atoms with van der Waals surface area (Å²) in [6, 6.07) is 19.9. The van der Waals surface area contributed by atoms with Crippen molar-refractivity contribution in [3.63, 3.8) is 0 Å². The first kappa shape index (κ1) is 23.3. The first-order valence-electron chi connectivity index (χ1n) is 10.8. The highest BCUT2D eigenvalue weighted by atomic mass is 16.5. The van der Waals surface area contributed by atoms with Crippen molar-refractivity contribution in [3.05, 3.63) is 89.0 Å². The number of carbonyl (C=O) groups is 2. The second-order valence-electron chi connectivity index (χ2n) is 7.98. The Labute approximate surface area is 196 Å². The highest BCUT2D eigenvalue weighted by Gasteiger charge is 2.29. The molecule has 0 heterocycles. The van der Waals surface area contributed by atoms with Gasteiger partial charge >= 0.3 is 12.1 Å². The number of aliphatic hydroxyl groups is 2. The number of hydrogen-bond donors (Lipinski definition) is 4. The van der Waals surface area contributed by atoms with Crippen molar-refractivity contribution in [2.45, 2.75) is 18.1 Å². The van der Waals surface area contributed by atoms with Crippen molar-refractivity contribution in [3.8, 4) is 16.9 Å². The van der Waals surface area contributed by atoms with Crippen molar-refractivity contribution in [2.24, 2.45) is 0 Å². The Balaban J connectivity index is 1.35. The van der Waals surface area contributed by atoms with E-state index in [9.17, 15) is 19.8 Å². The average Bonchev–Trinajstić information content (AvgIpc) is 3.18. The first-order valence-corrected chi connectivity index (χ1v) is 10.8.